The third-order valence-corrected chi connectivity index (χ3v) is 5.59. The molecule has 170 valence electrons. The van der Waals surface area contributed by atoms with E-state index < -0.39 is 6.61 Å². The predicted octanol–water partition coefficient (Wildman–Crippen LogP) is 2.87. The van der Waals surface area contributed by atoms with Crippen LogP contribution in [-0.2, 0) is 6.54 Å². The number of nitrogens with zero attached hydrogens (tertiary/aromatic N) is 6. The Balaban J connectivity index is 1.14. The van der Waals surface area contributed by atoms with Crippen LogP contribution in [0.25, 0.3) is 0 Å². The molecule has 10 nitrogen and oxygen atoms in total. The first-order valence-electron chi connectivity index (χ1n) is 10.4. The van der Waals surface area contributed by atoms with E-state index in [2.05, 4.69) is 40.3 Å². The molecule has 0 spiro atoms. The molecule has 4 heterocycles. The van der Waals surface area contributed by atoms with Gasteiger partial charge in [0.2, 0.25) is 5.95 Å². The SMILES string of the molecule is O=C1c2ncncc2CN1c1ccc(N[C@H]2CC[C@H](Nc3ncc(OC(F)F)cn3)C2)nc1. The van der Waals surface area contributed by atoms with E-state index in [-0.39, 0.29) is 23.7 Å². The third kappa shape index (κ3) is 4.64. The molecule has 5 rings (SSSR count). The fraction of sp³-hybridized carbons (Fsp3) is 0.333. The van der Waals surface area contributed by atoms with E-state index in [1.54, 1.807) is 17.3 Å². The van der Waals surface area contributed by atoms with Crippen molar-refractivity contribution in [1.82, 2.24) is 24.9 Å². The second-order valence-corrected chi connectivity index (χ2v) is 7.81. The van der Waals surface area contributed by atoms with E-state index in [1.807, 2.05) is 12.1 Å². The highest BCUT2D eigenvalue weighted by Gasteiger charge is 2.30. The van der Waals surface area contributed by atoms with E-state index >= 15 is 0 Å². The number of carbonyl (C=O) groups is 1. The van der Waals surface area contributed by atoms with Gasteiger partial charge in [0.25, 0.3) is 5.91 Å². The Morgan fingerprint density at radius 2 is 1.79 bits per heavy atom. The second-order valence-electron chi connectivity index (χ2n) is 7.81. The molecule has 0 saturated heterocycles. The van der Waals surface area contributed by atoms with Crippen LogP contribution in [0.3, 0.4) is 0 Å². The number of halogens is 2. The Morgan fingerprint density at radius 3 is 2.48 bits per heavy atom. The van der Waals surface area contributed by atoms with Crippen molar-refractivity contribution in [3.63, 3.8) is 0 Å². The number of hydrogen-bond acceptors (Lipinski definition) is 9. The molecule has 1 aliphatic carbocycles. The monoisotopic (exact) mass is 454 g/mol. The highest BCUT2D eigenvalue weighted by molar-refractivity contribution is 6.08. The van der Waals surface area contributed by atoms with Crippen LogP contribution in [0.15, 0.2) is 43.2 Å². The molecule has 2 atom stereocenters. The number of alkyl halides is 2. The Morgan fingerprint density at radius 1 is 1.00 bits per heavy atom. The number of carbonyl (C=O) groups excluding carboxylic acids is 1. The quantitative estimate of drug-likeness (QED) is 0.555. The number of ether oxygens (including phenoxy) is 1. The van der Waals surface area contributed by atoms with Crippen LogP contribution in [0, 0.1) is 0 Å². The molecule has 0 aromatic carbocycles. The van der Waals surface area contributed by atoms with Crippen LogP contribution < -0.4 is 20.3 Å². The summed E-state index contributed by atoms with van der Waals surface area (Å²) in [6.45, 7) is -2.48. The molecule has 1 amide bonds. The minimum Gasteiger partial charge on any atom is -0.432 e. The molecule has 1 saturated carbocycles. The maximum absolute atomic E-state index is 12.5. The number of rotatable bonds is 7. The predicted molar refractivity (Wildman–Crippen MR) is 114 cm³/mol. The van der Waals surface area contributed by atoms with Gasteiger partial charge < -0.3 is 20.3 Å². The molecular formula is C21H20F2N8O2. The van der Waals surface area contributed by atoms with Crippen molar-refractivity contribution < 1.29 is 18.3 Å². The first kappa shape index (κ1) is 20.9. The molecule has 0 bridgehead atoms. The van der Waals surface area contributed by atoms with Gasteiger partial charge in [0.05, 0.1) is 30.8 Å². The summed E-state index contributed by atoms with van der Waals surface area (Å²) in [6.07, 6.45) is 9.77. The van der Waals surface area contributed by atoms with E-state index in [9.17, 15) is 13.6 Å². The first-order valence-corrected chi connectivity index (χ1v) is 10.4. The lowest BCUT2D eigenvalue weighted by atomic mass is 10.2. The summed E-state index contributed by atoms with van der Waals surface area (Å²) < 4.78 is 28.7. The van der Waals surface area contributed by atoms with Gasteiger partial charge in [-0.2, -0.15) is 8.78 Å². The zero-order valence-corrected chi connectivity index (χ0v) is 17.4. The van der Waals surface area contributed by atoms with Crippen molar-refractivity contribution in [2.24, 2.45) is 0 Å². The van der Waals surface area contributed by atoms with Gasteiger partial charge in [-0.1, -0.05) is 0 Å². The van der Waals surface area contributed by atoms with Crippen LogP contribution in [0.4, 0.5) is 26.2 Å². The lowest BCUT2D eigenvalue weighted by molar-refractivity contribution is -0.0503. The number of fused-ring (bicyclic) bond motifs is 1. The molecular weight excluding hydrogens is 434 g/mol. The van der Waals surface area contributed by atoms with Gasteiger partial charge in [-0.3, -0.25) is 4.79 Å². The Hall–Kier alpha value is -3.96. The van der Waals surface area contributed by atoms with Crippen molar-refractivity contribution in [1.29, 1.82) is 0 Å². The molecule has 2 aliphatic rings. The third-order valence-electron chi connectivity index (χ3n) is 5.59. The topological polar surface area (TPSA) is 118 Å². The van der Waals surface area contributed by atoms with Crippen LogP contribution in [-0.4, -0.2) is 49.5 Å². The summed E-state index contributed by atoms with van der Waals surface area (Å²) in [5, 5.41) is 6.63. The zero-order valence-electron chi connectivity index (χ0n) is 17.4. The highest BCUT2D eigenvalue weighted by atomic mass is 19.3. The Bertz CT molecular complexity index is 1130. The number of amides is 1. The summed E-state index contributed by atoms with van der Waals surface area (Å²) in [5.41, 5.74) is 1.93. The largest absolute Gasteiger partial charge is 0.432 e. The molecule has 33 heavy (non-hydrogen) atoms. The summed E-state index contributed by atoms with van der Waals surface area (Å²) in [7, 11) is 0. The Labute approximate surface area is 187 Å². The summed E-state index contributed by atoms with van der Waals surface area (Å²) in [6, 6.07) is 4.05. The molecule has 0 unspecified atom stereocenters. The maximum Gasteiger partial charge on any atom is 0.387 e. The van der Waals surface area contributed by atoms with Gasteiger partial charge >= 0.3 is 6.61 Å². The van der Waals surface area contributed by atoms with Crippen molar-refractivity contribution in [3.05, 3.63) is 54.5 Å². The van der Waals surface area contributed by atoms with Crippen LogP contribution >= 0.6 is 0 Å². The Kier molecular flexibility index (Phi) is 5.63. The minimum atomic E-state index is -2.90. The van der Waals surface area contributed by atoms with Crippen molar-refractivity contribution in [2.45, 2.75) is 44.5 Å². The van der Waals surface area contributed by atoms with Gasteiger partial charge in [-0.05, 0) is 31.4 Å². The number of aromatic nitrogens is 5. The van der Waals surface area contributed by atoms with Crippen LogP contribution in [0.2, 0.25) is 0 Å². The smallest absolute Gasteiger partial charge is 0.387 e. The second kappa shape index (κ2) is 8.88. The maximum atomic E-state index is 12.5. The average Bonchev–Trinajstić information content (AvgIpc) is 3.39. The zero-order chi connectivity index (χ0) is 22.8. The molecule has 3 aromatic rings. The fourth-order valence-corrected chi connectivity index (χ4v) is 4.07. The van der Waals surface area contributed by atoms with Gasteiger partial charge in [0.15, 0.2) is 5.75 Å². The van der Waals surface area contributed by atoms with Gasteiger partial charge in [0.1, 0.15) is 17.8 Å². The average molecular weight is 454 g/mol. The molecule has 1 aliphatic heterocycles. The lowest BCUT2D eigenvalue weighted by Gasteiger charge is -2.17. The van der Waals surface area contributed by atoms with E-state index in [1.165, 1.54) is 18.7 Å². The number of nitrogens with one attached hydrogen (secondary N) is 2. The summed E-state index contributed by atoms with van der Waals surface area (Å²) in [5.74, 6) is 0.850. The standard InChI is InChI=1S/C21H20F2N8O2/c22-20(23)33-16-8-26-21(27-9-16)30-14-2-1-13(5-14)29-17-4-3-15(7-25-17)31-10-12-6-24-11-28-18(12)19(31)32/h3-4,6-9,11,13-14,20H,1-2,5,10H2,(H,25,29)(H,26,27,30)/t13-,14-/m0/s1. The van der Waals surface area contributed by atoms with E-state index in [0.717, 1.165) is 30.6 Å². The van der Waals surface area contributed by atoms with Gasteiger partial charge in [-0.15, -0.1) is 0 Å². The molecule has 1 fully saturated rings. The number of anilines is 3. The van der Waals surface area contributed by atoms with Crippen molar-refractivity contribution in [2.75, 3.05) is 15.5 Å². The van der Waals surface area contributed by atoms with Gasteiger partial charge in [0, 0.05) is 23.8 Å². The molecule has 12 heteroatoms. The summed E-state index contributed by atoms with van der Waals surface area (Å²) >= 11 is 0. The van der Waals surface area contributed by atoms with E-state index in [4.69, 9.17) is 0 Å². The van der Waals surface area contributed by atoms with Crippen molar-refractivity contribution in [3.8, 4) is 5.75 Å². The molecule has 3 aromatic heterocycles. The number of pyridine rings is 1. The van der Waals surface area contributed by atoms with Crippen LogP contribution in [0.1, 0.15) is 35.3 Å². The van der Waals surface area contributed by atoms with Crippen molar-refractivity contribution >= 4 is 23.4 Å². The normalized spacial score (nSPS) is 19.6. The molecule has 2 N–H and O–H groups in total. The minimum absolute atomic E-state index is 0.0801. The highest BCUT2D eigenvalue weighted by Crippen LogP contribution is 2.28. The van der Waals surface area contributed by atoms with E-state index in [0.29, 0.717) is 23.9 Å². The summed E-state index contributed by atoms with van der Waals surface area (Å²) in [4.78, 5) is 34.7. The lowest BCUT2D eigenvalue weighted by Crippen LogP contribution is -2.24. The molecule has 0 radical (unpaired) electrons. The van der Waals surface area contributed by atoms with Gasteiger partial charge in [-0.25, -0.2) is 24.9 Å². The first-order chi connectivity index (χ1) is 16.0. The fourth-order valence-electron chi connectivity index (χ4n) is 4.07. The number of hydrogen-bond donors (Lipinski definition) is 2. The van der Waals surface area contributed by atoms with Crippen LogP contribution in [0.5, 0.6) is 5.75 Å².